The van der Waals surface area contributed by atoms with E-state index in [1.807, 2.05) is 26.0 Å². The summed E-state index contributed by atoms with van der Waals surface area (Å²) in [6.07, 6.45) is 0. The Morgan fingerprint density at radius 2 is 1.62 bits per heavy atom. The Labute approximate surface area is 124 Å². The van der Waals surface area contributed by atoms with Crippen molar-refractivity contribution >= 4 is 5.97 Å². The van der Waals surface area contributed by atoms with Crippen molar-refractivity contribution in [3.63, 3.8) is 0 Å². The minimum atomic E-state index is -0.436. The van der Waals surface area contributed by atoms with E-state index < -0.39 is 5.97 Å². The molecule has 0 atom stereocenters. The van der Waals surface area contributed by atoms with Crippen LogP contribution in [0, 0.1) is 6.92 Å². The molecular weight excluding hydrogens is 268 g/mol. The fourth-order valence-electron chi connectivity index (χ4n) is 1.78. The predicted octanol–water partition coefficient (Wildman–Crippen LogP) is 3.38. The smallest absolute Gasteiger partial charge is 0.349 e. The first-order valence-electron chi connectivity index (χ1n) is 6.80. The van der Waals surface area contributed by atoms with Gasteiger partial charge in [-0.1, -0.05) is 12.1 Å². The maximum atomic E-state index is 11.7. The first kappa shape index (κ1) is 14.9. The molecule has 0 radical (unpaired) electrons. The van der Waals surface area contributed by atoms with Crippen molar-refractivity contribution in [2.45, 2.75) is 13.8 Å². The molecule has 0 amide bonds. The summed E-state index contributed by atoms with van der Waals surface area (Å²) in [5, 5.41) is 0. The highest BCUT2D eigenvalue weighted by Gasteiger charge is 2.06. The van der Waals surface area contributed by atoms with Crippen molar-refractivity contribution in [1.29, 1.82) is 0 Å². The van der Waals surface area contributed by atoms with E-state index in [4.69, 9.17) is 14.2 Å². The van der Waals surface area contributed by atoms with E-state index in [-0.39, 0.29) is 6.61 Å². The second kappa shape index (κ2) is 7.33. The average molecular weight is 286 g/mol. The van der Waals surface area contributed by atoms with Crippen molar-refractivity contribution < 1.29 is 19.0 Å². The molecule has 2 aromatic carbocycles. The highest BCUT2D eigenvalue weighted by atomic mass is 16.6. The molecule has 110 valence electrons. The Hall–Kier alpha value is -2.49. The van der Waals surface area contributed by atoms with Crippen molar-refractivity contribution in [2.24, 2.45) is 0 Å². The fourth-order valence-corrected chi connectivity index (χ4v) is 1.78. The number of carbonyl (C=O) groups is 1. The lowest BCUT2D eigenvalue weighted by Crippen LogP contribution is -2.17. The SMILES string of the molecule is CCOc1ccc(OCC(=O)Oc2cccc(C)c2)cc1. The van der Waals surface area contributed by atoms with Gasteiger partial charge in [-0.2, -0.15) is 0 Å². The van der Waals surface area contributed by atoms with Crippen molar-refractivity contribution in [3.05, 3.63) is 54.1 Å². The molecular formula is C17H18O4. The molecule has 0 fully saturated rings. The van der Waals surface area contributed by atoms with Crippen LogP contribution in [-0.2, 0) is 4.79 Å². The van der Waals surface area contributed by atoms with Crippen LogP contribution >= 0.6 is 0 Å². The second-order valence-corrected chi connectivity index (χ2v) is 4.48. The van der Waals surface area contributed by atoms with E-state index in [1.165, 1.54) is 0 Å². The normalized spacial score (nSPS) is 10.0. The summed E-state index contributed by atoms with van der Waals surface area (Å²) >= 11 is 0. The van der Waals surface area contributed by atoms with Crippen LogP contribution in [0.4, 0.5) is 0 Å². The monoisotopic (exact) mass is 286 g/mol. The molecule has 4 nitrogen and oxygen atoms in total. The second-order valence-electron chi connectivity index (χ2n) is 4.48. The number of benzene rings is 2. The molecule has 0 saturated heterocycles. The van der Waals surface area contributed by atoms with Gasteiger partial charge in [-0.05, 0) is 55.8 Å². The van der Waals surface area contributed by atoms with E-state index in [2.05, 4.69) is 0 Å². The van der Waals surface area contributed by atoms with Crippen molar-refractivity contribution in [1.82, 2.24) is 0 Å². The molecule has 21 heavy (non-hydrogen) atoms. The molecule has 2 aromatic rings. The van der Waals surface area contributed by atoms with Crippen LogP contribution in [0.1, 0.15) is 12.5 Å². The van der Waals surface area contributed by atoms with Crippen LogP contribution in [-0.4, -0.2) is 19.2 Å². The number of hydrogen-bond acceptors (Lipinski definition) is 4. The number of rotatable bonds is 6. The predicted molar refractivity (Wildman–Crippen MR) is 79.9 cm³/mol. The molecule has 4 heteroatoms. The molecule has 0 aromatic heterocycles. The van der Waals surface area contributed by atoms with Gasteiger partial charge < -0.3 is 14.2 Å². The lowest BCUT2D eigenvalue weighted by Gasteiger charge is -2.08. The molecule has 0 bridgehead atoms. The zero-order chi connectivity index (χ0) is 15.1. The minimum Gasteiger partial charge on any atom is -0.494 e. The molecule has 0 unspecified atom stereocenters. The van der Waals surface area contributed by atoms with Crippen LogP contribution < -0.4 is 14.2 Å². The summed E-state index contributed by atoms with van der Waals surface area (Å²) in [5.74, 6) is 1.46. The van der Waals surface area contributed by atoms with Crippen molar-refractivity contribution in [2.75, 3.05) is 13.2 Å². The first-order valence-corrected chi connectivity index (χ1v) is 6.80. The molecule has 2 rings (SSSR count). The van der Waals surface area contributed by atoms with E-state index in [0.29, 0.717) is 18.1 Å². The Balaban J connectivity index is 1.83. The van der Waals surface area contributed by atoms with Crippen LogP contribution in [0.3, 0.4) is 0 Å². The summed E-state index contributed by atoms with van der Waals surface area (Å²) in [7, 11) is 0. The highest BCUT2D eigenvalue weighted by molar-refractivity contribution is 5.74. The number of aryl methyl sites for hydroxylation is 1. The lowest BCUT2D eigenvalue weighted by atomic mass is 10.2. The third-order valence-electron chi connectivity index (χ3n) is 2.71. The number of ether oxygens (including phenoxy) is 3. The van der Waals surface area contributed by atoms with Gasteiger partial charge in [-0.25, -0.2) is 4.79 Å². The Kier molecular flexibility index (Phi) is 5.21. The van der Waals surface area contributed by atoms with E-state index in [1.54, 1.807) is 36.4 Å². The fraction of sp³-hybridized carbons (Fsp3) is 0.235. The van der Waals surface area contributed by atoms with Crippen molar-refractivity contribution in [3.8, 4) is 17.2 Å². The Morgan fingerprint density at radius 3 is 2.24 bits per heavy atom. The maximum absolute atomic E-state index is 11.7. The standard InChI is InChI=1S/C17H18O4/c1-3-19-14-7-9-15(10-8-14)20-12-17(18)21-16-6-4-5-13(2)11-16/h4-11H,3,12H2,1-2H3. The third kappa shape index (κ3) is 4.84. The summed E-state index contributed by atoms with van der Waals surface area (Å²) in [6, 6.07) is 14.4. The summed E-state index contributed by atoms with van der Waals surface area (Å²) in [5.41, 5.74) is 1.03. The molecule has 0 heterocycles. The molecule has 0 spiro atoms. The quantitative estimate of drug-likeness (QED) is 0.603. The molecule has 0 N–H and O–H groups in total. The topological polar surface area (TPSA) is 44.8 Å². The average Bonchev–Trinajstić information content (AvgIpc) is 2.47. The highest BCUT2D eigenvalue weighted by Crippen LogP contribution is 2.18. The van der Waals surface area contributed by atoms with Gasteiger partial charge >= 0.3 is 5.97 Å². The van der Waals surface area contributed by atoms with Gasteiger partial charge in [-0.15, -0.1) is 0 Å². The van der Waals surface area contributed by atoms with E-state index in [0.717, 1.165) is 11.3 Å². The van der Waals surface area contributed by atoms with Gasteiger partial charge in [0, 0.05) is 0 Å². The third-order valence-corrected chi connectivity index (χ3v) is 2.71. The van der Waals surface area contributed by atoms with Crippen LogP contribution in [0.5, 0.6) is 17.2 Å². The molecule has 0 aliphatic carbocycles. The van der Waals surface area contributed by atoms with Gasteiger partial charge in [-0.3, -0.25) is 0 Å². The molecule has 0 saturated carbocycles. The van der Waals surface area contributed by atoms with Gasteiger partial charge in [0.1, 0.15) is 17.2 Å². The summed E-state index contributed by atoms with van der Waals surface area (Å²) < 4.78 is 15.9. The van der Waals surface area contributed by atoms with E-state index >= 15 is 0 Å². The summed E-state index contributed by atoms with van der Waals surface area (Å²) in [4.78, 5) is 11.7. The van der Waals surface area contributed by atoms with Gasteiger partial charge in [0.25, 0.3) is 0 Å². The number of esters is 1. The number of hydrogen-bond donors (Lipinski definition) is 0. The number of carbonyl (C=O) groups excluding carboxylic acids is 1. The zero-order valence-corrected chi connectivity index (χ0v) is 12.2. The van der Waals surface area contributed by atoms with Crippen LogP contribution in [0.15, 0.2) is 48.5 Å². The van der Waals surface area contributed by atoms with Crippen LogP contribution in [0.2, 0.25) is 0 Å². The van der Waals surface area contributed by atoms with Gasteiger partial charge in [0.2, 0.25) is 0 Å². The molecule has 0 aliphatic heterocycles. The summed E-state index contributed by atoms with van der Waals surface area (Å²) in [6.45, 7) is 4.34. The van der Waals surface area contributed by atoms with E-state index in [9.17, 15) is 4.79 Å². The first-order chi connectivity index (χ1) is 10.2. The van der Waals surface area contributed by atoms with Gasteiger partial charge in [0.15, 0.2) is 6.61 Å². The van der Waals surface area contributed by atoms with Crippen LogP contribution in [0.25, 0.3) is 0 Å². The zero-order valence-electron chi connectivity index (χ0n) is 12.2. The lowest BCUT2D eigenvalue weighted by molar-refractivity contribution is -0.136. The van der Waals surface area contributed by atoms with Gasteiger partial charge in [0.05, 0.1) is 6.61 Å². The molecule has 0 aliphatic rings. The maximum Gasteiger partial charge on any atom is 0.349 e. The Bertz CT molecular complexity index is 590. The minimum absolute atomic E-state index is 0.137. The Morgan fingerprint density at radius 1 is 0.952 bits per heavy atom. The largest absolute Gasteiger partial charge is 0.494 e.